The minimum atomic E-state index is -0.456. The van der Waals surface area contributed by atoms with Crippen molar-refractivity contribution in [3.63, 3.8) is 0 Å². The Morgan fingerprint density at radius 3 is 2.80 bits per heavy atom. The second-order valence-electron chi connectivity index (χ2n) is 8.54. The predicted octanol–water partition coefficient (Wildman–Crippen LogP) is 3.97. The van der Waals surface area contributed by atoms with E-state index in [0.717, 1.165) is 4.88 Å². The summed E-state index contributed by atoms with van der Waals surface area (Å²) in [5.74, 6) is 1.67. The molecule has 0 radical (unpaired) electrons. The van der Waals surface area contributed by atoms with Crippen LogP contribution in [-0.2, 0) is 13.5 Å². The number of ketones is 1. The van der Waals surface area contributed by atoms with Gasteiger partial charge < -0.3 is 14.5 Å². The van der Waals surface area contributed by atoms with Crippen LogP contribution in [0.1, 0.15) is 41.7 Å². The molecule has 0 aliphatic carbocycles. The summed E-state index contributed by atoms with van der Waals surface area (Å²) >= 11 is 1.39. The molecule has 1 aliphatic heterocycles. The second kappa shape index (κ2) is 9.29. The number of carbonyl (C=O) groups is 2. The van der Waals surface area contributed by atoms with Gasteiger partial charge in [-0.1, -0.05) is 17.4 Å². The normalized spacial score (nSPS) is 14.9. The fraction of sp³-hybridized carbons (Fsp3) is 0.304. The third-order valence-electron chi connectivity index (χ3n) is 5.75. The average Bonchev–Trinajstić information content (AvgIpc) is 3.57. The van der Waals surface area contributed by atoms with Crippen molar-refractivity contribution in [3.8, 4) is 11.5 Å². The van der Waals surface area contributed by atoms with Crippen LogP contribution >= 0.6 is 11.3 Å². The Labute approximate surface area is 205 Å². The van der Waals surface area contributed by atoms with Gasteiger partial charge in [0, 0.05) is 19.3 Å². The molecule has 1 atom stereocenters. The lowest BCUT2D eigenvalue weighted by Crippen LogP contribution is -2.34. The summed E-state index contributed by atoms with van der Waals surface area (Å²) in [5.41, 5.74) is 1.26. The van der Waals surface area contributed by atoms with Gasteiger partial charge in [0.15, 0.2) is 11.0 Å². The minimum Gasteiger partial charge on any atom is -0.359 e. The van der Waals surface area contributed by atoms with E-state index in [4.69, 9.17) is 0 Å². The predicted molar refractivity (Wildman–Crippen MR) is 134 cm³/mol. The van der Waals surface area contributed by atoms with Crippen LogP contribution < -0.4 is 16.0 Å². The summed E-state index contributed by atoms with van der Waals surface area (Å²) in [5, 5.41) is 17.3. The van der Waals surface area contributed by atoms with Gasteiger partial charge in [-0.2, -0.15) is 0 Å². The van der Waals surface area contributed by atoms with E-state index in [1.54, 1.807) is 18.5 Å². The molecule has 2 amide bonds. The molecular weight excluding hydrogens is 466 g/mol. The SMILES string of the molecule is CC(C)n1cnnc1-c1cccc(NC(=O)Nc2nc3c(s2)CCC(C(=O)c2cccn2C)N3)n1. The number of aromatic nitrogens is 6. The first-order valence-electron chi connectivity index (χ1n) is 11.3. The molecule has 35 heavy (non-hydrogen) atoms. The standard InChI is InChI=1S/C23H25N9O2S/c1-13(2)32-12-24-30-21(32)15-6-4-8-18(25-15)27-22(34)29-23-28-20-17(35-23)10-9-14(26-20)19(33)16-7-5-11-31(16)3/h4-8,11-14,26H,9-10H2,1-3H3,(H2,25,27,28,29,34). The quantitative estimate of drug-likeness (QED) is 0.348. The van der Waals surface area contributed by atoms with Crippen molar-refractivity contribution in [3.05, 3.63) is 53.4 Å². The summed E-state index contributed by atoms with van der Waals surface area (Å²) in [4.78, 5) is 35.5. The number of fused-ring (bicyclic) bond motifs is 1. The smallest absolute Gasteiger partial charge is 0.326 e. The molecule has 12 heteroatoms. The number of thiazole rings is 1. The zero-order chi connectivity index (χ0) is 24.5. The van der Waals surface area contributed by atoms with Gasteiger partial charge in [0.05, 0.1) is 16.6 Å². The number of carbonyl (C=O) groups excluding carboxylic acids is 2. The van der Waals surface area contributed by atoms with Crippen LogP contribution in [-0.4, -0.2) is 47.2 Å². The van der Waals surface area contributed by atoms with Crippen molar-refractivity contribution >= 4 is 39.9 Å². The van der Waals surface area contributed by atoms with E-state index in [1.165, 1.54) is 11.3 Å². The van der Waals surface area contributed by atoms with E-state index in [9.17, 15) is 9.59 Å². The first-order valence-corrected chi connectivity index (χ1v) is 12.1. The van der Waals surface area contributed by atoms with Crippen LogP contribution in [0.25, 0.3) is 11.5 Å². The van der Waals surface area contributed by atoms with E-state index in [1.807, 2.05) is 54.4 Å². The van der Waals surface area contributed by atoms with Gasteiger partial charge >= 0.3 is 6.03 Å². The average molecular weight is 492 g/mol. The van der Waals surface area contributed by atoms with Gasteiger partial charge in [-0.15, -0.1) is 10.2 Å². The second-order valence-corrected chi connectivity index (χ2v) is 9.62. The molecule has 4 aromatic heterocycles. The van der Waals surface area contributed by atoms with Crippen LogP contribution in [0.2, 0.25) is 0 Å². The molecule has 5 heterocycles. The summed E-state index contributed by atoms with van der Waals surface area (Å²) < 4.78 is 3.72. The Kier molecular flexibility index (Phi) is 6.03. The Morgan fingerprint density at radius 2 is 2.03 bits per heavy atom. The molecule has 0 bridgehead atoms. The van der Waals surface area contributed by atoms with Gasteiger partial charge in [0.1, 0.15) is 23.7 Å². The maximum atomic E-state index is 12.8. The van der Waals surface area contributed by atoms with Crippen molar-refractivity contribution in [2.45, 2.75) is 38.8 Å². The molecule has 0 saturated heterocycles. The van der Waals surface area contributed by atoms with Gasteiger partial charge in [-0.3, -0.25) is 15.4 Å². The molecule has 0 aromatic carbocycles. The Balaban J connectivity index is 1.24. The van der Waals surface area contributed by atoms with Gasteiger partial charge in [-0.25, -0.2) is 14.8 Å². The summed E-state index contributed by atoms with van der Waals surface area (Å²) in [6.07, 6.45) is 4.89. The number of anilines is 3. The third-order valence-corrected chi connectivity index (χ3v) is 6.78. The van der Waals surface area contributed by atoms with Gasteiger partial charge in [0.25, 0.3) is 0 Å². The maximum Gasteiger partial charge on any atom is 0.326 e. The molecule has 5 rings (SSSR count). The minimum absolute atomic E-state index is 0.0302. The molecule has 1 aliphatic rings. The fourth-order valence-corrected chi connectivity index (χ4v) is 4.90. The highest BCUT2D eigenvalue weighted by Crippen LogP contribution is 2.33. The topological polar surface area (TPSA) is 132 Å². The summed E-state index contributed by atoms with van der Waals surface area (Å²) in [6.45, 7) is 4.06. The summed E-state index contributed by atoms with van der Waals surface area (Å²) in [7, 11) is 1.85. The lowest BCUT2D eigenvalue weighted by molar-refractivity contribution is 0.0956. The zero-order valence-electron chi connectivity index (χ0n) is 19.5. The van der Waals surface area contributed by atoms with E-state index in [2.05, 4.69) is 36.1 Å². The monoisotopic (exact) mass is 491 g/mol. The number of nitrogens with one attached hydrogen (secondary N) is 3. The number of hydrogen-bond acceptors (Lipinski definition) is 8. The number of aryl methyl sites for hydroxylation is 2. The molecule has 3 N–H and O–H groups in total. The molecule has 0 saturated carbocycles. The molecule has 11 nitrogen and oxygen atoms in total. The number of amides is 2. The molecule has 4 aromatic rings. The highest BCUT2D eigenvalue weighted by molar-refractivity contribution is 7.16. The number of Topliss-reactive ketones (excluding diaryl/α,β-unsaturated/α-hetero) is 1. The van der Waals surface area contributed by atoms with Crippen LogP contribution in [0.4, 0.5) is 21.6 Å². The Bertz CT molecular complexity index is 1390. The van der Waals surface area contributed by atoms with Crippen molar-refractivity contribution < 1.29 is 9.59 Å². The van der Waals surface area contributed by atoms with E-state index in [0.29, 0.717) is 46.8 Å². The fourth-order valence-electron chi connectivity index (χ4n) is 3.97. The largest absolute Gasteiger partial charge is 0.359 e. The molecule has 0 fully saturated rings. The molecule has 180 valence electrons. The number of urea groups is 1. The van der Waals surface area contributed by atoms with Gasteiger partial charge in [0.2, 0.25) is 5.78 Å². The Morgan fingerprint density at radius 1 is 1.17 bits per heavy atom. The number of nitrogens with zero attached hydrogens (tertiary/aromatic N) is 6. The van der Waals surface area contributed by atoms with E-state index in [-0.39, 0.29) is 17.9 Å². The number of pyridine rings is 1. The van der Waals surface area contributed by atoms with Gasteiger partial charge in [-0.05, 0) is 51.0 Å². The first-order chi connectivity index (χ1) is 16.9. The van der Waals surface area contributed by atoms with Crippen molar-refractivity contribution in [2.75, 3.05) is 16.0 Å². The molecule has 1 unspecified atom stereocenters. The van der Waals surface area contributed by atoms with Crippen LogP contribution in [0.3, 0.4) is 0 Å². The van der Waals surface area contributed by atoms with E-state index < -0.39 is 6.03 Å². The molecular formula is C23H25N9O2S. The summed E-state index contributed by atoms with van der Waals surface area (Å²) in [6, 6.07) is 8.36. The Hall–Kier alpha value is -4.06. The number of hydrogen-bond donors (Lipinski definition) is 3. The molecule has 0 spiro atoms. The van der Waals surface area contributed by atoms with Crippen LogP contribution in [0.5, 0.6) is 0 Å². The van der Waals surface area contributed by atoms with Crippen molar-refractivity contribution in [2.24, 2.45) is 7.05 Å². The number of rotatable bonds is 6. The highest BCUT2D eigenvalue weighted by Gasteiger charge is 2.29. The van der Waals surface area contributed by atoms with Crippen LogP contribution in [0, 0.1) is 0 Å². The zero-order valence-corrected chi connectivity index (χ0v) is 20.3. The third kappa shape index (κ3) is 4.64. The van der Waals surface area contributed by atoms with Crippen molar-refractivity contribution in [1.29, 1.82) is 0 Å². The van der Waals surface area contributed by atoms with Crippen LogP contribution in [0.15, 0.2) is 42.9 Å². The first kappa shape index (κ1) is 22.7. The lowest BCUT2D eigenvalue weighted by Gasteiger charge is -2.22. The maximum absolute atomic E-state index is 12.8. The highest BCUT2D eigenvalue weighted by atomic mass is 32.1. The van der Waals surface area contributed by atoms with Crippen molar-refractivity contribution in [1.82, 2.24) is 29.3 Å². The van der Waals surface area contributed by atoms with E-state index >= 15 is 0 Å². The lowest BCUT2D eigenvalue weighted by atomic mass is 10.0.